The molecule has 0 unspecified atom stereocenters. The molecule has 0 saturated heterocycles. The Morgan fingerprint density at radius 3 is 2.81 bits per heavy atom. The maximum absolute atomic E-state index is 13.9. The molecule has 0 aliphatic rings. The fourth-order valence-electron chi connectivity index (χ4n) is 2.54. The highest BCUT2D eigenvalue weighted by Crippen LogP contribution is 2.24. The van der Waals surface area contributed by atoms with Crippen LogP contribution in [0.15, 0.2) is 48.7 Å². The standard InChI is InChI=1S/C17H16ClFN2/c1-20-10-12-5-6-13-7-8-21(17(13)9-12)11-14-15(18)3-2-4-16(14)19/h2-9,20H,10-11H2,1H3. The van der Waals surface area contributed by atoms with Crippen molar-refractivity contribution in [1.29, 1.82) is 0 Å². The number of hydrogen-bond acceptors (Lipinski definition) is 1. The molecule has 0 amide bonds. The molecule has 0 bridgehead atoms. The number of fused-ring (bicyclic) bond motifs is 1. The lowest BCUT2D eigenvalue weighted by Crippen LogP contribution is -2.05. The molecule has 2 aromatic carbocycles. The Bertz CT molecular complexity index is 759. The van der Waals surface area contributed by atoms with Gasteiger partial charge in [0, 0.05) is 28.8 Å². The fraction of sp³-hybridized carbons (Fsp3) is 0.176. The molecule has 3 rings (SSSR count). The lowest BCUT2D eigenvalue weighted by atomic mass is 10.1. The summed E-state index contributed by atoms with van der Waals surface area (Å²) in [5, 5.41) is 4.74. The van der Waals surface area contributed by atoms with Crippen molar-refractivity contribution in [3.63, 3.8) is 0 Å². The third kappa shape index (κ3) is 2.80. The first-order valence-electron chi connectivity index (χ1n) is 6.84. The molecule has 108 valence electrons. The van der Waals surface area contributed by atoms with Gasteiger partial charge in [-0.15, -0.1) is 0 Å². The smallest absolute Gasteiger partial charge is 0.129 e. The third-order valence-electron chi connectivity index (χ3n) is 3.61. The molecule has 1 N–H and O–H groups in total. The van der Waals surface area contributed by atoms with Crippen molar-refractivity contribution in [3.8, 4) is 0 Å². The minimum absolute atomic E-state index is 0.268. The maximum Gasteiger partial charge on any atom is 0.129 e. The Morgan fingerprint density at radius 2 is 2.05 bits per heavy atom. The van der Waals surface area contributed by atoms with Crippen LogP contribution in [-0.2, 0) is 13.1 Å². The molecule has 1 heterocycles. The number of rotatable bonds is 4. The van der Waals surface area contributed by atoms with Gasteiger partial charge < -0.3 is 9.88 Å². The molecule has 0 atom stereocenters. The topological polar surface area (TPSA) is 17.0 Å². The molecule has 3 aromatic rings. The van der Waals surface area contributed by atoms with Gasteiger partial charge in [-0.05, 0) is 42.3 Å². The van der Waals surface area contributed by atoms with Crippen molar-refractivity contribution >= 4 is 22.5 Å². The summed E-state index contributed by atoms with van der Waals surface area (Å²) in [5.41, 5.74) is 2.81. The fourth-order valence-corrected chi connectivity index (χ4v) is 2.76. The molecule has 0 spiro atoms. The van der Waals surface area contributed by atoms with Crippen LogP contribution < -0.4 is 5.32 Å². The van der Waals surface area contributed by atoms with Gasteiger partial charge in [-0.1, -0.05) is 29.8 Å². The quantitative estimate of drug-likeness (QED) is 0.764. The van der Waals surface area contributed by atoms with Crippen molar-refractivity contribution in [2.45, 2.75) is 13.1 Å². The molecular weight excluding hydrogens is 287 g/mol. The van der Waals surface area contributed by atoms with Crippen LogP contribution in [0.3, 0.4) is 0 Å². The summed E-state index contributed by atoms with van der Waals surface area (Å²) in [5.74, 6) is -0.268. The van der Waals surface area contributed by atoms with Crippen molar-refractivity contribution in [2.24, 2.45) is 0 Å². The Morgan fingerprint density at radius 1 is 1.19 bits per heavy atom. The van der Waals surface area contributed by atoms with Crippen LogP contribution in [0.5, 0.6) is 0 Å². The number of benzene rings is 2. The molecular formula is C17H16ClFN2. The van der Waals surface area contributed by atoms with E-state index in [1.807, 2.05) is 23.9 Å². The van der Waals surface area contributed by atoms with Crippen molar-refractivity contribution in [2.75, 3.05) is 7.05 Å². The maximum atomic E-state index is 13.9. The van der Waals surface area contributed by atoms with Crippen molar-refractivity contribution in [1.82, 2.24) is 9.88 Å². The van der Waals surface area contributed by atoms with Crippen LogP contribution in [0.2, 0.25) is 5.02 Å². The number of nitrogens with zero attached hydrogens (tertiary/aromatic N) is 1. The molecule has 0 saturated carbocycles. The molecule has 1 aromatic heterocycles. The molecule has 4 heteroatoms. The van der Waals surface area contributed by atoms with Gasteiger partial charge in [-0.25, -0.2) is 4.39 Å². The summed E-state index contributed by atoms with van der Waals surface area (Å²) < 4.78 is 16.0. The number of nitrogens with one attached hydrogen (secondary N) is 1. The number of halogens is 2. The predicted molar refractivity (Wildman–Crippen MR) is 85.2 cm³/mol. The summed E-state index contributed by atoms with van der Waals surface area (Å²) in [6.07, 6.45) is 1.97. The van der Waals surface area contributed by atoms with Crippen LogP contribution in [0, 0.1) is 5.82 Å². The molecule has 2 nitrogen and oxygen atoms in total. The van der Waals surface area contributed by atoms with Gasteiger partial charge in [-0.2, -0.15) is 0 Å². The molecule has 0 aliphatic carbocycles. The Hall–Kier alpha value is -1.84. The lowest BCUT2D eigenvalue weighted by molar-refractivity contribution is 0.602. The van der Waals surface area contributed by atoms with Crippen LogP contribution in [0.25, 0.3) is 10.9 Å². The van der Waals surface area contributed by atoms with Gasteiger partial charge in [0.25, 0.3) is 0 Å². The van der Waals surface area contributed by atoms with Gasteiger partial charge in [0.2, 0.25) is 0 Å². The summed E-state index contributed by atoms with van der Waals surface area (Å²) in [4.78, 5) is 0. The normalized spacial score (nSPS) is 11.2. The zero-order chi connectivity index (χ0) is 14.8. The Balaban J connectivity index is 2.02. The first-order valence-corrected chi connectivity index (χ1v) is 7.22. The third-order valence-corrected chi connectivity index (χ3v) is 3.96. The minimum Gasteiger partial charge on any atom is -0.343 e. The van der Waals surface area contributed by atoms with E-state index in [2.05, 4.69) is 23.5 Å². The van der Waals surface area contributed by atoms with E-state index in [4.69, 9.17) is 11.6 Å². The molecule has 0 aliphatic heterocycles. The van der Waals surface area contributed by atoms with Gasteiger partial charge >= 0.3 is 0 Å². The van der Waals surface area contributed by atoms with E-state index in [0.29, 0.717) is 17.1 Å². The highest BCUT2D eigenvalue weighted by molar-refractivity contribution is 6.31. The second kappa shape index (κ2) is 5.88. The Labute approximate surface area is 128 Å². The monoisotopic (exact) mass is 302 g/mol. The van der Waals surface area contributed by atoms with Gasteiger partial charge in [0.05, 0.1) is 6.54 Å². The van der Waals surface area contributed by atoms with Gasteiger partial charge in [0.1, 0.15) is 5.82 Å². The number of hydrogen-bond donors (Lipinski definition) is 1. The number of aromatic nitrogens is 1. The first kappa shape index (κ1) is 14.1. The lowest BCUT2D eigenvalue weighted by Gasteiger charge is -2.09. The Kier molecular flexibility index (Phi) is 3.95. The zero-order valence-electron chi connectivity index (χ0n) is 11.7. The van der Waals surface area contributed by atoms with E-state index in [9.17, 15) is 4.39 Å². The molecule has 0 fully saturated rings. The average molecular weight is 303 g/mol. The first-order chi connectivity index (χ1) is 10.2. The van der Waals surface area contributed by atoms with Crippen LogP contribution in [-0.4, -0.2) is 11.6 Å². The second-order valence-electron chi connectivity index (χ2n) is 5.07. The molecule has 21 heavy (non-hydrogen) atoms. The summed E-state index contributed by atoms with van der Waals surface area (Å²) in [7, 11) is 1.92. The van der Waals surface area contributed by atoms with Gasteiger partial charge in [0.15, 0.2) is 0 Å². The van der Waals surface area contributed by atoms with Crippen molar-refractivity contribution < 1.29 is 4.39 Å². The van der Waals surface area contributed by atoms with Gasteiger partial charge in [-0.3, -0.25) is 0 Å². The second-order valence-corrected chi connectivity index (χ2v) is 5.47. The van der Waals surface area contributed by atoms with E-state index < -0.39 is 0 Å². The van der Waals surface area contributed by atoms with E-state index >= 15 is 0 Å². The van der Waals surface area contributed by atoms with Crippen LogP contribution in [0.1, 0.15) is 11.1 Å². The summed E-state index contributed by atoms with van der Waals surface area (Å²) in [6.45, 7) is 1.24. The van der Waals surface area contributed by atoms with E-state index in [1.165, 1.54) is 11.6 Å². The predicted octanol–water partition coefficient (Wildman–Crippen LogP) is 4.20. The van der Waals surface area contributed by atoms with Crippen LogP contribution >= 0.6 is 11.6 Å². The van der Waals surface area contributed by atoms with Crippen LogP contribution in [0.4, 0.5) is 4.39 Å². The summed E-state index contributed by atoms with van der Waals surface area (Å²) >= 11 is 6.12. The summed E-state index contributed by atoms with van der Waals surface area (Å²) in [6, 6.07) is 13.1. The highest BCUT2D eigenvalue weighted by Gasteiger charge is 2.09. The van der Waals surface area contributed by atoms with E-state index in [-0.39, 0.29) is 5.82 Å². The zero-order valence-corrected chi connectivity index (χ0v) is 12.5. The average Bonchev–Trinajstić information content (AvgIpc) is 2.86. The minimum atomic E-state index is -0.268. The largest absolute Gasteiger partial charge is 0.343 e. The SMILES string of the molecule is CNCc1ccc2ccn(Cc3c(F)cccc3Cl)c2c1. The van der Waals surface area contributed by atoms with E-state index in [0.717, 1.165) is 17.4 Å². The highest BCUT2D eigenvalue weighted by atomic mass is 35.5. The van der Waals surface area contributed by atoms with Crippen molar-refractivity contribution in [3.05, 3.63) is 70.6 Å². The van der Waals surface area contributed by atoms with E-state index in [1.54, 1.807) is 12.1 Å². The molecule has 0 radical (unpaired) electrons.